The minimum absolute atomic E-state index is 0.372. The number of guanidine groups is 1. The van der Waals surface area contributed by atoms with Crippen molar-refractivity contribution in [2.75, 3.05) is 33.7 Å². The predicted molar refractivity (Wildman–Crippen MR) is 119 cm³/mol. The van der Waals surface area contributed by atoms with Gasteiger partial charge < -0.3 is 10.6 Å². The number of benzene rings is 1. The Kier molecular flexibility index (Phi) is 7.71. The molecule has 1 aliphatic rings. The molecule has 0 aliphatic carbocycles. The zero-order valence-corrected chi connectivity index (χ0v) is 18.5. The molecule has 2 atom stereocenters. The average Bonchev–Trinajstić information content (AvgIpc) is 3.09. The van der Waals surface area contributed by atoms with Gasteiger partial charge >= 0.3 is 0 Å². The lowest BCUT2D eigenvalue weighted by molar-refractivity contribution is 0.122. The number of nitrogens with zero attached hydrogens (tertiary/aromatic N) is 3. The first-order chi connectivity index (χ1) is 13.6. The van der Waals surface area contributed by atoms with Crippen LogP contribution in [0.25, 0.3) is 0 Å². The Morgan fingerprint density at radius 3 is 2.96 bits per heavy atom. The first-order valence-electron chi connectivity index (χ1n) is 9.88. The second-order valence-electron chi connectivity index (χ2n) is 7.38. The summed E-state index contributed by atoms with van der Waals surface area (Å²) in [6, 6.07) is 8.65. The number of hydrogen-bond donors (Lipinski definition) is 2. The third-order valence-electron chi connectivity index (χ3n) is 5.25. The van der Waals surface area contributed by atoms with E-state index < -0.39 is 0 Å². The number of thiazole rings is 1. The highest BCUT2D eigenvalue weighted by Gasteiger charge is 2.30. The Morgan fingerprint density at radius 2 is 2.25 bits per heavy atom. The van der Waals surface area contributed by atoms with E-state index in [1.807, 2.05) is 25.4 Å². The Bertz CT molecular complexity index is 791. The summed E-state index contributed by atoms with van der Waals surface area (Å²) in [5, 5.41) is 8.91. The van der Waals surface area contributed by atoms with Crippen LogP contribution in [-0.2, 0) is 6.42 Å². The lowest BCUT2D eigenvalue weighted by Crippen LogP contribution is -2.45. The molecule has 1 fully saturated rings. The molecule has 2 unspecified atom stereocenters. The summed E-state index contributed by atoms with van der Waals surface area (Å²) in [7, 11) is 4.03. The molecule has 2 heterocycles. The molecule has 0 spiro atoms. The van der Waals surface area contributed by atoms with Crippen molar-refractivity contribution in [2.24, 2.45) is 10.9 Å². The molecule has 1 aromatic carbocycles. The molecule has 1 aromatic heterocycles. The Morgan fingerprint density at radius 1 is 1.39 bits per heavy atom. The topological polar surface area (TPSA) is 52.6 Å². The number of aromatic nitrogens is 1. The molecule has 1 aliphatic heterocycles. The van der Waals surface area contributed by atoms with Crippen LogP contribution in [0.3, 0.4) is 0 Å². The number of aliphatic imine (C=N–C) groups is 1. The molecule has 2 aromatic rings. The fraction of sp³-hybridized carbons (Fsp3) is 0.524. The van der Waals surface area contributed by atoms with Crippen molar-refractivity contribution in [3.05, 3.63) is 50.9 Å². The average molecular weight is 420 g/mol. The molecule has 0 saturated carbocycles. The van der Waals surface area contributed by atoms with Gasteiger partial charge in [0.2, 0.25) is 0 Å². The summed E-state index contributed by atoms with van der Waals surface area (Å²) >= 11 is 8.01. The van der Waals surface area contributed by atoms with E-state index in [1.54, 1.807) is 11.3 Å². The molecule has 28 heavy (non-hydrogen) atoms. The molecule has 152 valence electrons. The number of hydrogen-bond acceptors (Lipinski definition) is 4. The molecular formula is C21H30ClN5S. The number of piperidine rings is 1. The number of aryl methyl sites for hydroxylation is 1. The quantitative estimate of drug-likeness (QED) is 0.550. The third-order valence-corrected chi connectivity index (χ3v) is 6.46. The number of rotatable bonds is 6. The maximum atomic E-state index is 6.25. The standard InChI is InChI=1S/C21H30ClN5S/c1-15-13-25-19(28-15)9-10-24-21(23-2)26-14-17-7-5-11-27(3)20(17)16-6-4-8-18(22)12-16/h4,6,8,12-13,17,20H,5,7,9-11,14H2,1-3H3,(H2,23,24,26). The Balaban J connectivity index is 1.55. The van der Waals surface area contributed by atoms with E-state index in [9.17, 15) is 0 Å². The van der Waals surface area contributed by atoms with Gasteiger partial charge in [-0.2, -0.15) is 0 Å². The third kappa shape index (κ3) is 5.69. The largest absolute Gasteiger partial charge is 0.356 e. The molecule has 7 heteroatoms. The van der Waals surface area contributed by atoms with Gasteiger partial charge in [0, 0.05) is 48.7 Å². The monoisotopic (exact) mass is 419 g/mol. The molecule has 0 radical (unpaired) electrons. The van der Waals surface area contributed by atoms with Gasteiger partial charge in [0.1, 0.15) is 0 Å². The summed E-state index contributed by atoms with van der Waals surface area (Å²) in [5.74, 6) is 1.36. The fourth-order valence-electron chi connectivity index (χ4n) is 3.94. The van der Waals surface area contributed by atoms with Crippen molar-refractivity contribution in [2.45, 2.75) is 32.2 Å². The summed E-state index contributed by atoms with van der Waals surface area (Å²) in [6.45, 7) is 4.92. The van der Waals surface area contributed by atoms with E-state index in [-0.39, 0.29) is 0 Å². The molecule has 0 bridgehead atoms. The normalized spacial score (nSPS) is 20.9. The van der Waals surface area contributed by atoms with Crippen LogP contribution in [0.1, 0.15) is 34.3 Å². The molecule has 5 nitrogen and oxygen atoms in total. The van der Waals surface area contributed by atoms with E-state index in [0.717, 1.165) is 42.0 Å². The van der Waals surface area contributed by atoms with Gasteiger partial charge in [0.25, 0.3) is 0 Å². The van der Waals surface area contributed by atoms with Crippen LogP contribution < -0.4 is 10.6 Å². The van der Waals surface area contributed by atoms with Crippen molar-refractivity contribution < 1.29 is 0 Å². The molecular weight excluding hydrogens is 390 g/mol. The lowest BCUT2D eigenvalue weighted by atomic mass is 9.85. The van der Waals surface area contributed by atoms with Gasteiger partial charge in [-0.1, -0.05) is 23.7 Å². The highest BCUT2D eigenvalue weighted by Crippen LogP contribution is 2.35. The van der Waals surface area contributed by atoms with E-state index in [0.29, 0.717) is 12.0 Å². The van der Waals surface area contributed by atoms with Gasteiger partial charge in [0.05, 0.1) is 5.01 Å². The van der Waals surface area contributed by atoms with Crippen LogP contribution in [0, 0.1) is 12.8 Å². The van der Waals surface area contributed by atoms with Crippen molar-refractivity contribution in [1.82, 2.24) is 20.5 Å². The summed E-state index contributed by atoms with van der Waals surface area (Å²) in [4.78, 5) is 12.5. The van der Waals surface area contributed by atoms with E-state index in [2.05, 4.69) is 51.6 Å². The second kappa shape index (κ2) is 10.2. The minimum Gasteiger partial charge on any atom is -0.356 e. The highest BCUT2D eigenvalue weighted by molar-refractivity contribution is 7.11. The van der Waals surface area contributed by atoms with Crippen molar-refractivity contribution >= 4 is 28.9 Å². The van der Waals surface area contributed by atoms with Crippen LogP contribution >= 0.6 is 22.9 Å². The maximum Gasteiger partial charge on any atom is 0.191 e. The van der Waals surface area contributed by atoms with Gasteiger partial charge in [-0.25, -0.2) is 4.98 Å². The van der Waals surface area contributed by atoms with E-state index >= 15 is 0 Å². The zero-order chi connectivity index (χ0) is 19.9. The van der Waals surface area contributed by atoms with Gasteiger partial charge in [-0.05, 0) is 57.0 Å². The summed E-state index contributed by atoms with van der Waals surface area (Å²) in [5.41, 5.74) is 1.29. The van der Waals surface area contributed by atoms with Crippen molar-refractivity contribution in [3.8, 4) is 0 Å². The van der Waals surface area contributed by atoms with Crippen molar-refractivity contribution in [1.29, 1.82) is 0 Å². The number of halogens is 1. The SMILES string of the molecule is CN=C(NCCc1ncc(C)s1)NCC1CCCN(C)C1c1cccc(Cl)c1. The predicted octanol–water partition coefficient (Wildman–Crippen LogP) is 3.90. The molecule has 0 amide bonds. The number of likely N-dealkylation sites (tertiary alicyclic amines) is 1. The van der Waals surface area contributed by atoms with E-state index in [4.69, 9.17) is 11.6 Å². The Hall–Kier alpha value is -1.63. The highest BCUT2D eigenvalue weighted by atomic mass is 35.5. The Labute approximate surface area is 177 Å². The summed E-state index contributed by atoms with van der Waals surface area (Å²) in [6.07, 6.45) is 5.26. The molecule has 3 rings (SSSR count). The summed E-state index contributed by atoms with van der Waals surface area (Å²) < 4.78 is 0. The second-order valence-corrected chi connectivity index (χ2v) is 9.13. The fourth-order valence-corrected chi connectivity index (χ4v) is 4.93. The van der Waals surface area contributed by atoms with Crippen LogP contribution in [0.4, 0.5) is 0 Å². The first kappa shape index (κ1) is 21.1. The first-order valence-corrected chi connectivity index (χ1v) is 11.1. The lowest BCUT2D eigenvalue weighted by Gasteiger charge is -2.40. The van der Waals surface area contributed by atoms with Gasteiger partial charge in [0.15, 0.2) is 5.96 Å². The van der Waals surface area contributed by atoms with E-state index in [1.165, 1.54) is 23.3 Å². The van der Waals surface area contributed by atoms with Gasteiger partial charge in [-0.3, -0.25) is 9.89 Å². The smallest absolute Gasteiger partial charge is 0.191 e. The van der Waals surface area contributed by atoms with Crippen LogP contribution in [-0.4, -0.2) is 49.6 Å². The van der Waals surface area contributed by atoms with Gasteiger partial charge in [-0.15, -0.1) is 11.3 Å². The van der Waals surface area contributed by atoms with Crippen molar-refractivity contribution in [3.63, 3.8) is 0 Å². The van der Waals surface area contributed by atoms with Crippen LogP contribution in [0.2, 0.25) is 5.02 Å². The zero-order valence-electron chi connectivity index (χ0n) is 16.9. The maximum absolute atomic E-state index is 6.25. The van der Waals surface area contributed by atoms with Crippen LogP contribution in [0.15, 0.2) is 35.5 Å². The van der Waals surface area contributed by atoms with Crippen LogP contribution in [0.5, 0.6) is 0 Å². The minimum atomic E-state index is 0.372. The molecule has 1 saturated heterocycles. The molecule has 2 N–H and O–H groups in total. The number of nitrogens with one attached hydrogen (secondary N) is 2.